The highest BCUT2D eigenvalue weighted by molar-refractivity contribution is 6.31. The number of nitrogens with zero attached hydrogens (tertiary/aromatic N) is 2. The third-order valence-electron chi connectivity index (χ3n) is 3.75. The highest BCUT2D eigenvalue weighted by Gasteiger charge is 2.35. The van der Waals surface area contributed by atoms with Crippen LogP contribution in [0.2, 0.25) is 5.02 Å². The Hall–Kier alpha value is -3.27. The predicted molar refractivity (Wildman–Crippen MR) is 98.1 cm³/mol. The molecule has 0 bridgehead atoms. The van der Waals surface area contributed by atoms with Crippen LogP contribution in [-0.2, 0) is 12.8 Å². The minimum Gasteiger partial charge on any atom is -0.493 e. The lowest BCUT2D eigenvalue weighted by atomic mass is 10.2. The largest absolute Gasteiger partial charge is 0.493 e. The van der Waals surface area contributed by atoms with Crippen LogP contribution in [0.15, 0.2) is 42.5 Å². The van der Waals surface area contributed by atoms with Crippen LogP contribution in [0, 0.1) is 0 Å². The van der Waals surface area contributed by atoms with E-state index in [9.17, 15) is 18.0 Å². The summed E-state index contributed by atoms with van der Waals surface area (Å²) in [5.41, 5.74) is 0.883. The smallest absolute Gasteiger partial charge is 0.451 e. The number of benzene rings is 2. The van der Waals surface area contributed by atoms with Gasteiger partial charge in [-0.25, -0.2) is 0 Å². The monoisotopic (exact) mass is 426 g/mol. The van der Waals surface area contributed by atoms with Crippen LogP contribution in [0.3, 0.4) is 0 Å². The van der Waals surface area contributed by atoms with E-state index in [-0.39, 0.29) is 17.9 Å². The molecule has 0 spiro atoms. The van der Waals surface area contributed by atoms with Gasteiger partial charge < -0.3 is 9.47 Å². The summed E-state index contributed by atoms with van der Waals surface area (Å²) in [5, 5.41) is 7.77. The molecular weight excluding hydrogens is 413 g/mol. The number of aromatic nitrogens is 3. The summed E-state index contributed by atoms with van der Waals surface area (Å²) in [4.78, 5) is 15.5. The number of hydrogen-bond acceptors (Lipinski definition) is 5. The Morgan fingerprint density at radius 1 is 1.21 bits per heavy atom. The average molecular weight is 427 g/mol. The summed E-state index contributed by atoms with van der Waals surface area (Å²) in [6.45, 7) is 0.180. The van der Waals surface area contributed by atoms with E-state index in [1.807, 2.05) is 12.1 Å². The van der Waals surface area contributed by atoms with E-state index >= 15 is 0 Å². The van der Waals surface area contributed by atoms with Crippen LogP contribution in [0.5, 0.6) is 11.5 Å². The number of halogens is 4. The first-order valence-electron chi connectivity index (χ1n) is 8.13. The first kappa shape index (κ1) is 20.5. The lowest BCUT2D eigenvalue weighted by Crippen LogP contribution is -2.14. The van der Waals surface area contributed by atoms with Crippen LogP contribution in [0.1, 0.15) is 21.7 Å². The second kappa shape index (κ2) is 8.39. The maximum Gasteiger partial charge on any atom is 0.451 e. The summed E-state index contributed by atoms with van der Waals surface area (Å²) in [7, 11) is 1.39. The predicted octanol–water partition coefficient (Wildman–Crippen LogP) is 4.32. The third kappa shape index (κ3) is 4.96. The summed E-state index contributed by atoms with van der Waals surface area (Å²) in [5.74, 6) is -1.90. The average Bonchev–Trinajstić information content (AvgIpc) is 3.16. The Bertz CT molecular complexity index is 1020. The standard InChI is InChI=1S/C18H14ClF3N4O3/c1-28-14-8-10(15(27)23-17-24-16(25-26-17)18(20,21)22)6-7-13(14)29-9-11-4-2-3-5-12(11)19/h2-8H,9H2,1H3,(H2,23,24,25,26,27). The number of methoxy groups -OCH3 is 1. The van der Waals surface area contributed by atoms with Gasteiger partial charge in [0.1, 0.15) is 6.61 Å². The molecule has 0 radical (unpaired) electrons. The number of nitrogens with one attached hydrogen (secondary N) is 2. The molecule has 0 aliphatic heterocycles. The molecule has 0 saturated carbocycles. The van der Waals surface area contributed by atoms with Gasteiger partial charge in [-0.15, -0.1) is 5.10 Å². The molecule has 0 saturated heterocycles. The molecule has 3 aromatic rings. The summed E-state index contributed by atoms with van der Waals surface area (Å²) in [6, 6.07) is 11.5. The number of amides is 1. The van der Waals surface area contributed by atoms with Gasteiger partial charge in [0, 0.05) is 16.1 Å². The molecule has 2 N–H and O–H groups in total. The molecule has 11 heteroatoms. The number of aromatic amines is 1. The fourth-order valence-corrected chi connectivity index (χ4v) is 2.51. The van der Waals surface area contributed by atoms with Crippen molar-refractivity contribution in [1.82, 2.24) is 15.2 Å². The first-order valence-corrected chi connectivity index (χ1v) is 8.51. The quantitative estimate of drug-likeness (QED) is 0.613. The fourth-order valence-electron chi connectivity index (χ4n) is 2.32. The number of alkyl halides is 3. The molecule has 1 aromatic heterocycles. The van der Waals surface area contributed by atoms with E-state index in [1.54, 1.807) is 17.2 Å². The van der Waals surface area contributed by atoms with Crippen molar-refractivity contribution in [2.45, 2.75) is 12.8 Å². The van der Waals surface area contributed by atoms with Crippen LogP contribution in [0.25, 0.3) is 0 Å². The van der Waals surface area contributed by atoms with E-state index < -0.39 is 23.9 Å². The topological polar surface area (TPSA) is 89.1 Å². The van der Waals surface area contributed by atoms with Crippen LogP contribution < -0.4 is 14.8 Å². The zero-order chi connectivity index (χ0) is 21.0. The summed E-state index contributed by atoms with van der Waals surface area (Å²) >= 11 is 6.09. The van der Waals surface area contributed by atoms with Crippen LogP contribution >= 0.6 is 11.6 Å². The van der Waals surface area contributed by atoms with Gasteiger partial charge in [-0.2, -0.15) is 18.2 Å². The van der Waals surface area contributed by atoms with Gasteiger partial charge in [0.15, 0.2) is 11.5 Å². The number of hydrogen-bond donors (Lipinski definition) is 2. The maximum atomic E-state index is 12.5. The molecule has 0 atom stereocenters. The molecule has 0 aliphatic carbocycles. The Morgan fingerprint density at radius 2 is 1.97 bits per heavy atom. The van der Waals surface area contributed by atoms with Gasteiger partial charge in [0.2, 0.25) is 11.8 Å². The van der Waals surface area contributed by atoms with Gasteiger partial charge in [-0.1, -0.05) is 29.8 Å². The molecule has 1 amide bonds. The van der Waals surface area contributed by atoms with Crippen molar-refractivity contribution in [3.8, 4) is 11.5 Å². The lowest BCUT2D eigenvalue weighted by Gasteiger charge is -2.12. The molecule has 3 rings (SSSR count). The summed E-state index contributed by atoms with van der Waals surface area (Å²) in [6.07, 6.45) is -4.69. The molecule has 1 heterocycles. The maximum absolute atomic E-state index is 12.5. The Morgan fingerprint density at radius 3 is 2.62 bits per heavy atom. The second-order valence-corrected chi connectivity index (χ2v) is 6.11. The Labute approximate surface area is 167 Å². The van der Waals surface area contributed by atoms with E-state index in [0.29, 0.717) is 10.8 Å². The number of carbonyl (C=O) groups excluding carboxylic acids is 1. The Kier molecular flexibility index (Phi) is 5.92. The van der Waals surface area contributed by atoms with E-state index in [1.165, 1.54) is 25.3 Å². The first-order chi connectivity index (χ1) is 13.8. The number of H-pyrrole nitrogens is 1. The lowest BCUT2D eigenvalue weighted by molar-refractivity contribution is -0.144. The van der Waals surface area contributed by atoms with Gasteiger partial charge in [-0.05, 0) is 24.3 Å². The van der Waals surface area contributed by atoms with E-state index in [4.69, 9.17) is 21.1 Å². The number of carbonyl (C=O) groups is 1. The van der Waals surface area contributed by atoms with E-state index in [2.05, 4.69) is 15.4 Å². The van der Waals surface area contributed by atoms with Crippen LogP contribution in [0.4, 0.5) is 19.1 Å². The molecule has 0 aliphatic rings. The van der Waals surface area contributed by atoms with Crippen molar-refractivity contribution in [1.29, 1.82) is 0 Å². The van der Waals surface area contributed by atoms with Crippen molar-refractivity contribution >= 4 is 23.5 Å². The molecule has 29 heavy (non-hydrogen) atoms. The minimum atomic E-state index is -4.69. The normalized spacial score (nSPS) is 11.2. The molecular formula is C18H14ClF3N4O3. The second-order valence-electron chi connectivity index (χ2n) is 5.71. The van der Waals surface area contributed by atoms with Crippen molar-refractivity contribution in [2.24, 2.45) is 0 Å². The molecule has 2 aromatic carbocycles. The molecule has 152 valence electrons. The van der Waals surface area contributed by atoms with Crippen molar-refractivity contribution in [3.05, 3.63) is 64.4 Å². The number of ether oxygens (including phenoxy) is 2. The summed E-state index contributed by atoms with van der Waals surface area (Å²) < 4.78 is 48.5. The molecule has 0 unspecified atom stereocenters. The van der Waals surface area contributed by atoms with Gasteiger partial charge in [0.25, 0.3) is 5.91 Å². The number of rotatable bonds is 6. The minimum absolute atomic E-state index is 0.116. The molecule has 7 nitrogen and oxygen atoms in total. The van der Waals surface area contributed by atoms with Crippen molar-refractivity contribution < 1.29 is 27.4 Å². The Balaban J connectivity index is 1.71. The van der Waals surface area contributed by atoms with Gasteiger partial charge >= 0.3 is 6.18 Å². The highest BCUT2D eigenvalue weighted by atomic mass is 35.5. The van der Waals surface area contributed by atoms with Crippen LogP contribution in [-0.4, -0.2) is 28.2 Å². The number of anilines is 1. The zero-order valence-corrected chi connectivity index (χ0v) is 15.6. The van der Waals surface area contributed by atoms with E-state index in [0.717, 1.165) is 5.56 Å². The van der Waals surface area contributed by atoms with Gasteiger partial charge in [-0.3, -0.25) is 15.2 Å². The molecule has 0 fully saturated rings. The zero-order valence-electron chi connectivity index (χ0n) is 14.9. The van der Waals surface area contributed by atoms with Crippen molar-refractivity contribution in [3.63, 3.8) is 0 Å². The SMILES string of the molecule is COc1cc(C(=O)Nc2n[nH]c(C(F)(F)F)n2)ccc1OCc1ccccc1Cl. The third-order valence-corrected chi connectivity index (χ3v) is 4.11. The van der Waals surface area contributed by atoms with Crippen molar-refractivity contribution in [2.75, 3.05) is 12.4 Å². The van der Waals surface area contributed by atoms with Gasteiger partial charge in [0.05, 0.1) is 7.11 Å². The fraction of sp³-hybridized carbons (Fsp3) is 0.167. The highest BCUT2D eigenvalue weighted by Crippen LogP contribution is 2.30.